The lowest BCUT2D eigenvalue weighted by molar-refractivity contribution is 0.0957. The maximum absolute atomic E-state index is 12.2. The predicted molar refractivity (Wildman–Crippen MR) is 76.3 cm³/mol. The molecule has 2 rings (SSSR count). The highest BCUT2D eigenvalue weighted by atomic mass is 16.1. The maximum Gasteiger partial charge on any atom is 0.205 e. The molecule has 0 radical (unpaired) electrons. The van der Waals surface area contributed by atoms with Crippen molar-refractivity contribution in [1.82, 2.24) is 9.97 Å². The van der Waals surface area contributed by atoms with Crippen LogP contribution >= 0.6 is 0 Å². The zero-order valence-electron chi connectivity index (χ0n) is 11.7. The van der Waals surface area contributed by atoms with Gasteiger partial charge in [-0.25, -0.2) is 4.98 Å². The van der Waals surface area contributed by atoms with E-state index in [1.54, 1.807) is 12.4 Å². The molecular formula is C16H20N2O. The van der Waals surface area contributed by atoms with E-state index in [4.69, 9.17) is 0 Å². The third-order valence-electron chi connectivity index (χ3n) is 3.25. The number of carbonyl (C=O) groups excluding carboxylic acids is 1. The third kappa shape index (κ3) is 3.31. The van der Waals surface area contributed by atoms with E-state index in [2.05, 4.69) is 35.9 Å². The Hall–Kier alpha value is -1.90. The Kier molecular flexibility index (Phi) is 4.15. The van der Waals surface area contributed by atoms with Crippen LogP contribution in [0.15, 0.2) is 36.7 Å². The van der Waals surface area contributed by atoms with Gasteiger partial charge in [0.1, 0.15) is 0 Å². The molecule has 19 heavy (non-hydrogen) atoms. The summed E-state index contributed by atoms with van der Waals surface area (Å²) in [6.45, 7) is 6.33. The van der Waals surface area contributed by atoms with Crippen molar-refractivity contribution in [2.75, 3.05) is 0 Å². The van der Waals surface area contributed by atoms with Crippen molar-refractivity contribution in [1.29, 1.82) is 0 Å². The Morgan fingerprint density at radius 2 is 1.89 bits per heavy atom. The zero-order chi connectivity index (χ0) is 13.8. The van der Waals surface area contributed by atoms with E-state index in [1.807, 2.05) is 19.1 Å². The van der Waals surface area contributed by atoms with Crippen molar-refractivity contribution in [3.05, 3.63) is 53.6 Å². The van der Waals surface area contributed by atoms with Crippen LogP contribution in [0.2, 0.25) is 0 Å². The highest BCUT2D eigenvalue weighted by Crippen LogP contribution is 2.20. The number of Topliss-reactive ketones (excluding diaryl/α,β-unsaturated/α-hetero) is 1. The van der Waals surface area contributed by atoms with E-state index in [0.717, 1.165) is 12.0 Å². The summed E-state index contributed by atoms with van der Waals surface area (Å²) in [5.41, 5.74) is 2.35. The number of imidazole rings is 1. The minimum atomic E-state index is -0.167. The molecule has 1 aromatic carbocycles. The van der Waals surface area contributed by atoms with Gasteiger partial charge in [0.25, 0.3) is 0 Å². The Morgan fingerprint density at radius 1 is 1.21 bits per heavy atom. The molecule has 0 aliphatic heterocycles. The van der Waals surface area contributed by atoms with Gasteiger partial charge in [0.15, 0.2) is 5.82 Å². The number of rotatable bonds is 5. The van der Waals surface area contributed by atoms with Gasteiger partial charge in [-0.2, -0.15) is 0 Å². The van der Waals surface area contributed by atoms with E-state index in [1.165, 1.54) is 5.56 Å². The van der Waals surface area contributed by atoms with Gasteiger partial charge in [0.2, 0.25) is 5.78 Å². The van der Waals surface area contributed by atoms with Crippen molar-refractivity contribution < 1.29 is 4.79 Å². The van der Waals surface area contributed by atoms with Crippen molar-refractivity contribution in [3.63, 3.8) is 0 Å². The number of hydrogen-bond donors (Lipinski definition) is 1. The first-order chi connectivity index (χ1) is 9.08. The van der Waals surface area contributed by atoms with Gasteiger partial charge in [0, 0.05) is 18.3 Å². The summed E-state index contributed by atoms with van der Waals surface area (Å²) in [7, 11) is 0. The molecule has 0 spiro atoms. The van der Waals surface area contributed by atoms with Crippen molar-refractivity contribution in [2.45, 2.75) is 33.1 Å². The van der Waals surface area contributed by atoms with Gasteiger partial charge in [-0.3, -0.25) is 4.79 Å². The Morgan fingerprint density at radius 3 is 2.42 bits per heavy atom. The molecule has 100 valence electrons. The normalized spacial score (nSPS) is 12.6. The molecule has 0 saturated heterocycles. The van der Waals surface area contributed by atoms with Crippen LogP contribution in [0.3, 0.4) is 0 Å². The molecule has 0 aliphatic carbocycles. The van der Waals surface area contributed by atoms with E-state index >= 15 is 0 Å². The first kappa shape index (κ1) is 13.5. The van der Waals surface area contributed by atoms with Crippen LogP contribution in [0.5, 0.6) is 0 Å². The quantitative estimate of drug-likeness (QED) is 0.831. The Labute approximate surface area is 114 Å². The summed E-state index contributed by atoms with van der Waals surface area (Å²) in [6, 6.07) is 8.31. The number of aromatic amines is 1. The molecule has 0 unspecified atom stereocenters. The molecule has 3 heteroatoms. The molecule has 2 aromatic rings. The number of ketones is 1. The van der Waals surface area contributed by atoms with Gasteiger partial charge in [-0.15, -0.1) is 0 Å². The molecule has 0 saturated carbocycles. The van der Waals surface area contributed by atoms with Crippen molar-refractivity contribution >= 4 is 5.78 Å². The average molecular weight is 256 g/mol. The molecule has 1 aromatic heterocycles. The number of nitrogens with zero attached hydrogens (tertiary/aromatic N) is 1. The second-order valence-corrected chi connectivity index (χ2v) is 5.36. The largest absolute Gasteiger partial charge is 0.342 e. The molecule has 0 aliphatic rings. The van der Waals surface area contributed by atoms with Gasteiger partial charge in [-0.05, 0) is 23.5 Å². The smallest absolute Gasteiger partial charge is 0.205 e. The second kappa shape index (κ2) is 5.83. The number of aromatic nitrogens is 2. The number of benzene rings is 1. The van der Waals surface area contributed by atoms with Gasteiger partial charge < -0.3 is 4.98 Å². The fourth-order valence-electron chi connectivity index (χ4n) is 2.17. The van der Waals surface area contributed by atoms with Crippen LogP contribution in [0, 0.1) is 5.92 Å². The van der Waals surface area contributed by atoms with Crippen LogP contribution in [0.1, 0.15) is 48.4 Å². The van der Waals surface area contributed by atoms with Crippen LogP contribution in [0.25, 0.3) is 0 Å². The standard InChI is InChI=1S/C16H20N2O/c1-11(2)10-13-4-6-14(7-5-13)12(3)15(19)16-17-8-9-18-16/h4-9,11-12H,10H2,1-3H3,(H,17,18)/t12-/m1/s1. The number of nitrogens with one attached hydrogen (secondary N) is 1. The average Bonchev–Trinajstić information content (AvgIpc) is 2.91. The monoisotopic (exact) mass is 256 g/mol. The lowest BCUT2D eigenvalue weighted by Gasteiger charge is -2.11. The lowest BCUT2D eigenvalue weighted by atomic mass is 9.94. The minimum Gasteiger partial charge on any atom is -0.342 e. The summed E-state index contributed by atoms with van der Waals surface area (Å²) in [6.07, 6.45) is 4.35. The number of hydrogen-bond acceptors (Lipinski definition) is 2. The fraction of sp³-hybridized carbons (Fsp3) is 0.375. The number of carbonyl (C=O) groups is 1. The molecule has 0 fully saturated rings. The summed E-state index contributed by atoms with van der Waals surface area (Å²) in [4.78, 5) is 19.1. The van der Waals surface area contributed by atoms with Gasteiger partial charge in [-0.1, -0.05) is 45.0 Å². The van der Waals surface area contributed by atoms with Crippen LogP contribution in [-0.4, -0.2) is 15.8 Å². The molecule has 1 heterocycles. The molecular weight excluding hydrogens is 236 g/mol. The van der Waals surface area contributed by atoms with E-state index in [0.29, 0.717) is 11.7 Å². The highest BCUT2D eigenvalue weighted by molar-refractivity contribution is 5.97. The fourth-order valence-corrected chi connectivity index (χ4v) is 2.17. The van der Waals surface area contributed by atoms with Crippen LogP contribution < -0.4 is 0 Å². The van der Waals surface area contributed by atoms with Gasteiger partial charge in [0.05, 0.1) is 0 Å². The maximum atomic E-state index is 12.2. The summed E-state index contributed by atoms with van der Waals surface area (Å²) in [5, 5.41) is 0. The lowest BCUT2D eigenvalue weighted by Crippen LogP contribution is -2.11. The van der Waals surface area contributed by atoms with E-state index in [9.17, 15) is 4.79 Å². The SMILES string of the molecule is CC(C)Cc1ccc([C@@H](C)C(=O)c2ncc[nH]2)cc1. The second-order valence-electron chi connectivity index (χ2n) is 5.36. The van der Waals surface area contributed by atoms with E-state index < -0.39 is 0 Å². The minimum absolute atomic E-state index is 0.0293. The molecule has 1 atom stereocenters. The first-order valence-corrected chi connectivity index (χ1v) is 6.70. The Bertz CT molecular complexity index is 526. The van der Waals surface area contributed by atoms with Crippen LogP contribution in [-0.2, 0) is 6.42 Å². The zero-order valence-corrected chi connectivity index (χ0v) is 11.7. The molecule has 0 bridgehead atoms. The summed E-state index contributed by atoms with van der Waals surface area (Å²) in [5.74, 6) is 0.938. The highest BCUT2D eigenvalue weighted by Gasteiger charge is 2.18. The van der Waals surface area contributed by atoms with Crippen LogP contribution in [0.4, 0.5) is 0 Å². The van der Waals surface area contributed by atoms with Crippen molar-refractivity contribution in [3.8, 4) is 0 Å². The topological polar surface area (TPSA) is 45.8 Å². The molecule has 3 nitrogen and oxygen atoms in total. The third-order valence-corrected chi connectivity index (χ3v) is 3.25. The van der Waals surface area contributed by atoms with E-state index in [-0.39, 0.29) is 11.7 Å². The molecule has 1 N–H and O–H groups in total. The summed E-state index contributed by atoms with van der Waals surface area (Å²) < 4.78 is 0. The van der Waals surface area contributed by atoms with Crippen molar-refractivity contribution in [2.24, 2.45) is 5.92 Å². The molecule has 0 amide bonds. The summed E-state index contributed by atoms with van der Waals surface area (Å²) >= 11 is 0. The predicted octanol–water partition coefficient (Wildman–Crippen LogP) is 3.59. The number of H-pyrrole nitrogens is 1. The Balaban J connectivity index is 2.11. The first-order valence-electron chi connectivity index (χ1n) is 6.70. The van der Waals surface area contributed by atoms with Gasteiger partial charge >= 0.3 is 0 Å².